The maximum atomic E-state index is 10.8. The molecule has 0 saturated heterocycles. The first-order valence-electron chi connectivity index (χ1n) is 8.33. The number of imidazole rings is 1. The van der Waals surface area contributed by atoms with E-state index < -0.39 is 4.92 Å². The van der Waals surface area contributed by atoms with Crippen molar-refractivity contribution in [3.8, 4) is 0 Å². The molecule has 0 radical (unpaired) electrons. The van der Waals surface area contributed by atoms with Crippen molar-refractivity contribution < 1.29 is 4.92 Å². The molecule has 0 unspecified atom stereocenters. The van der Waals surface area contributed by atoms with Crippen LogP contribution in [0.1, 0.15) is 38.8 Å². The minimum absolute atomic E-state index is 0.0686. The van der Waals surface area contributed by atoms with Gasteiger partial charge in [-0.2, -0.15) is 9.97 Å². The molecule has 2 N–H and O–H groups in total. The van der Waals surface area contributed by atoms with Crippen molar-refractivity contribution in [2.24, 2.45) is 0 Å². The number of fused-ring (bicyclic) bond motifs is 1. The Kier molecular flexibility index (Phi) is 7.92. The van der Waals surface area contributed by atoms with E-state index in [-0.39, 0.29) is 16.8 Å². The van der Waals surface area contributed by atoms with Crippen LogP contribution in [0.15, 0.2) is 24.5 Å². The van der Waals surface area contributed by atoms with Crippen molar-refractivity contribution in [3.63, 3.8) is 0 Å². The van der Waals surface area contributed by atoms with Gasteiger partial charge in [0.2, 0.25) is 5.95 Å². The van der Waals surface area contributed by atoms with E-state index >= 15 is 0 Å². The summed E-state index contributed by atoms with van der Waals surface area (Å²) < 4.78 is 1.76. The molecule has 0 aliphatic heterocycles. The standard InChI is InChI=1S/C13H11ClN6O2.2C2H6/c1-7-4-8(2-3-9(7)20(21)22)5-19-6-16-10-11(14)17-13(15)18-12(10)19;2*1-2/h2-4,6H,5H2,1H3,(H2,15,17,18);2*1-2H3. The SMILES string of the molecule is CC.CC.Cc1cc(Cn2cnc3c(Cl)nc(N)nc32)ccc1[N+](=O)[O-]. The topological polar surface area (TPSA) is 113 Å². The number of nitrogen functional groups attached to an aromatic ring is 1. The van der Waals surface area contributed by atoms with Gasteiger partial charge in [-0.15, -0.1) is 0 Å². The maximum Gasteiger partial charge on any atom is 0.272 e. The Bertz CT molecular complexity index is 894. The number of nitrogens with two attached hydrogens (primary N) is 1. The first-order chi connectivity index (χ1) is 12.5. The summed E-state index contributed by atoms with van der Waals surface area (Å²) in [4.78, 5) is 22.6. The molecule has 0 aliphatic rings. The van der Waals surface area contributed by atoms with E-state index in [9.17, 15) is 10.1 Å². The fraction of sp³-hybridized carbons (Fsp3) is 0.353. The molecule has 0 aliphatic carbocycles. The molecular formula is C17H23ClN6O2. The molecule has 2 aromatic heterocycles. The Balaban J connectivity index is 0.000000791. The second kappa shape index (κ2) is 9.67. The second-order valence-electron chi connectivity index (χ2n) is 4.80. The maximum absolute atomic E-state index is 10.8. The summed E-state index contributed by atoms with van der Waals surface area (Å²) in [5, 5.41) is 11.0. The zero-order valence-electron chi connectivity index (χ0n) is 15.5. The number of benzene rings is 1. The quantitative estimate of drug-likeness (QED) is 0.411. The molecule has 3 rings (SSSR count). The number of rotatable bonds is 3. The molecule has 140 valence electrons. The van der Waals surface area contributed by atoms with Crippen LogP contribution >= 0.6 is 11.6 Å². The lowest BCUT2D eigenvalue weighted by molar-refractivity contribution is -0.385. The molecule has 0 saturated carbocycles. The fourth-order valence-electron chi connectivity index (χ4n) is 2.26. The Morgan fingerprint density at radius 3 is 2.46 bits per heavy atom. The molecule has 9 heteroatoms. The third-order valence-corrected chi connectivity index (χ3v) is 3.51. The largest absolute Gasteiger partial charge is 0.368 e. The molecule has 0 amide bonds. The van der Waals surface area contributed by atoms with E-state index in [1.54, 1.807) is 30.0 Å². The number of hydrogen-bond acceptors (Lipinski definition) is 6. The average Bonchev–Trinajstić information content (AvgIpc) is 3.01. The van der Waals surface area contributed by atoms with Crippen LogP contribution in [0, 0.1) is 17.0 Å². The Morgan fingerprint density at radius 2 is 1.88 bits per heavy atom. The van der Waals surface area contributed by atoms with Gasteiger partial charge in [-0.3, -0.25) is 10.1 Å². The Morgan fingerprint density at radius 1 is 1.23 bits per heavy atom. The summed E-state index contributed by atoms with van der Waals surface area (Å²) in [6.07, 6.45) is 1.58. The Labute approximate surface area is 157 Å². The van der Waals surface area contributed by atoms with Crippen LogP contribution in [-0.2, 0) is 6.54 Å². The lowest BCUT2D eigenvalue weighted by Crippen LogP contribution is -2.03. The van der Waals surface area contributed by atoms with Crippen LogP contribution in [-0.4, -0.2) is 24.4 Å². The molecule has 3 aromatic rings. The van der Waals surface area contributed by atoms with E-state index in [1.807, 2.05) is 27.7 Å². The van der Waals surface area contributed by atoms with Crippen molar-refractivity contribution >= 4 is 34.4 Å². The number of halogens is 1. The lowest BCUT2D eigenvalue weighted by Gasteiger charge is -2.06. The van der Waals surface area contributed by atoms with Gasteiger partial charge in [0.25, 0.3) is 5.69 Å². The van der Waals surface area contributed by atoms with Crippen molar-refractivity contribution in [3.05, 3.63) is 50.9 Å². The van der Waals surface area contributed by atoms with E-state index in [1.165, 1.54) is 6.07 Å². The molecule has 8 nitrogen and oxygen atoms in total. The molecule has 0 spiro atoms. The van der Waals surface area contributed by atoms with Gasteiger partial charge in [-0.25, -0.2) is 4.98 Å². The first-order valence-corrected chi connectivity index (χ1v) is 8.71. The van der Waals surface area contributed by atoms with Crippen LogP contribution in [0.2, 0.25) is 5.15 Å². The zero-order chi connectivity index (χ0) is 19.9. The molecule has 1 aromatic carbocycles. The number of anilines is 1. The third kappa shape index (κ3) is 4.66. The highest BCUT2D eigenvalue weighted by atomic mass is 35.5. The molecule has 0 bridgehead atoms. The van der Waals surface area contributed by atoms with E-state index in [4.69, 9.17) is 17.3 Å². The van der Waals surface area contributed by atoms with Gasteiger partial charge in [0.1, 0.15) is 5.52 Å². The normalized spacial score (nSPS) is 9.77. The summed E-state index contributed by atoms with van der Waals surface area (Å²) in [5.41, 5.74) is 8.16. The van der Waals surface area contributed by atoms with Crippen LogP contribution in [0.5, 0.6) is 0 Å². The lowest BCUT2D eigenvalue weighted by atomic mass is 10.1. The summed E-state index contributed by atoms with van der Waals surface area (Å²) in [7, 11) is 0. The minimum Gasteiger partial charge on any atom is -0.368 e. The number of nitro benzene ring substituents is 1. The minimum atomic E-state index is -0.403. The molecule has 0 atom stereocenters. The van der Waals surface area contributed by atoms with E-state index in [2.05, 4.69) is 15.0 Å². The second-order valence-corrected chi connectivity index (χ2v) is 5.15. The third-order valence-electron chi connectivity index (χ3n) is 3.25. The van der Waals surface area contributed by atoms with Crippen molar-refractivity contribution in [1.82, 2.24) is 19.5 Å². The van der Waals surface area contributed by atoms with Gasteiger partial charge in [0.15, 0.2) is 10.8 Å². The van der Waals surface area contributed by atoms with Crippen LogP contribution in [0.3, 0.4) is 0 Å². The van der Waals surface area contributed by atoms with Crippen LogP contribution in [0.25, 0.3) is 11.2 Å². The van der Waals surface area contributed by atoms with Crippen LogP contribution in [0.4, 0.5) is 11.6 Å². The van der Waals surface area contributed by atoms with Gasteiger partial charge in [-0.1, -0.05) is 45.4 Å². The monoisotopic (exact) mass is 378 g/mol. The van der Waals surface area contributed by atoms with E-state index in [0.717, 1.165) is 5.56 Å². The predicted octanol–water partition coefficient (Wildman–Crippen LogP) is 4.38. The van der Waals surface area contributed by atoms with Gasteiger partial charge in [0, 0.05) is 11.6 Å². The number of nitro groups is 1. The molecule has 0 fully saturated rings. The molecular weight excluding hydrogens is 356 g/mol. The van der Waals surface area contributed by atoms with Crippen molar-refractivity contribution in [2.45, 2.75) is 41.2 Å². The van der Waals surface area contributed by atoms with Gasteiger partial charge < -0.3 is 10.3 Å². The summed E-state index contributed by atoms with van der Waals surface area (Å²) in [6.45, 7) is 10.1. The summed E-state index contributed by atoms with van der Waals surface area (Å²) in [5.74, 6) is 0.0686. The number of aromatic nitrogens is 4. The van der Waals surface area contributed by atoms with Gasteiger partial charge in [0.05, 0.1) is 17.8 Å². The van der Waals surface area contributed by atoms with E-state index in [0.29, 0.717) is 23.3 Å². The smallest absolute Gasteiger partial charge is 0.272 e. The van der Waals surface area contributed by atoms with Gasteiger partial charge >= 0.3 is 0 Å². The van der Waals surface area contributed by atoms with Crippen molar-refractivity contribution in [2.75, 3.05) is 5.73 Å². The Hall–Kier alpha value is -2.74. The highest BCUT2D eigenvalue weighted by Crippen LogP contribution is 2.22. The molecule has 26 heavy (non-hydrogen) atoms. The number of nitrogens with zero attached hydrogens (tertiary/aromatic N) is 5. The fourth-order valence-corrected chi connectivity index (χ4v) is 2.48. The highest BCUT2D eigenvalue weighted by molar-refractivity contribution is 6.33. The summed E-state index contributed by atoms with van der Waals surface area (Å²) >= 11 is 5.98. The number of aryl methyl sites for hydroxylation is 1. The van der Waals surface area contributed by atoms with Crippen LogP contribution < -0.4 is 5.73 Å². The van der Waals surface area contributed by atoms with Crippen molar-refractivity contribution in [1.29, 1.82) is 0 Å². The highest BCUT2D eigenvalue weighted by Gasteiger charge is 2.13. The number of hydrogen-bond donors (Lipinski definition) is 1. The predicted molar refractivity (Wildman–Crippen MR) is 104 cm³/mol. The zero-order valence-corrected chi connectivity index (χ0v) is 16.3. The molecule has 2 heterocycles. The first kappa shape index (κ1) is 21.3. The average molecular weight is 379 g/mol. The summed E-state index contributed by atoms with van der Waals surface area (Å²) in [6, 6.07) is 4.94. The van der Waals surface area contributed by atoms with Gasteiger partial charge in [-0.05, 0) is 18.6 Å².